The number of unbranched alkanes of at least 4 members (excludes halogenated alkanes) is 2. The Balaban J connectivity index is 2.21. The molecule has 0 radical (unpaired) electrons. The molecule has 0 heterocycles. The van der Waals surface area contributed by atoms with E-state index < -0.39 is 0 Å². The quantitative estimate of drug-likeness (QED) is 0.496. The zero-order valence-electron chi connectivity index (χ0n) is 11.3. The number of nitrogens with one attached hydrogen (secondary N) is 1. The van der Waals surface area contributed by atoms with Crippen molar-refractivity contribution in [3.05, 3.63) is 26.7 Å². The van der Waals surface area contributed by atoms with Crippen molar-refractivity contribution in [2.45, 2.75) is 39.2 Å². The zero-order chi connectivity index (χ0) is 14.3. The van der Waals surface area contributed by atoms with Crippen LogP contribution in [0.4, 0.5) is 0 Å². The summed E-state index contributed by atoms with van der Waals surface area (Å²) >= 11 is 15.4. The minimum Gasteiger partial charge on any atom is -0.492 e. The average molecular weight is 369 g/mol. The average Bonchev–Trinajstić information content (AvgIpc) is 2.33. The molecule has 0 saturated carbocycles. The maximum Gasteiger partial charge on any atom is 0.139 e. The van der Waals surface area contributed by atoms with Gasteiger partial charge in [-0.1, -0.05) is 37.0 Å². The summed E-state index contributed by atoms with van der Waals surface area (Å²) in [5.41, 5.74) is 0. The zero-order valence-corrected chi connectivity index (χ0v) is 14.4. The Morgan fingerprint density at radius 3 is 2.58 bits per heavy atom. The van der Waals surface area contributed by atoms with Crippen LogP contribution in [0.25, 0.3) is 0 Å². The topological polar surface area (TPSA) is 21.3 Å². The van der Waals surface area contributed by atoms with Crippen LogP contribution in [-0.4, -0.2) is 19.2 Å². The van der Waals surface area contributed by atoms with Crippen molar-refractivity contribution in [1.29, 1.82) is 0 Å². The van der Waals surface area contributed by atoms with E-state index in [4.69, 9.17) is 27.9 Å². The minimum absolute atomic E-state index is 0.556. The first kappa shape index (κ1) is 17.1. The van der Waals surface area contributed by atoms with Crippen LogP contribution in [0.2, 0.25) is 10.0 Å². The smallest absolute Gasteiger partial charge is 0.139 e. The molecule has 0 aromatic heterocycles. The maximum absolute atomic E-state index is 6.08. The highest BCUT2D eigenvalue weighted by atomic mass is 79.9. The molecule has 2 nitrogen and oxygen atoms in total. The van der Waals surface area contributed by atoms with Gasteiger partial charge in [-0.25, -0.2) is 0 Å². The monoisotopic (exact) mass is 367 g/mol. The van der Waals surface area contributed by atoms with Gasteiger partial charge in [0.15, 0.2) is 0 Å². The van der Waals surface area contributed by atoms with Crippen molar-refractivity contribution in [3.8, 4) is 5.75 Å². The SMILES string of the molecule is CC(C)NCCCCCOc1cc(Cl)c(Br)cc1Cl. The number of rotatable bonds is 8. The Bertz CT molecular complexity index is 399. The van der Waals surface area contributed by atoms with Crippen LogP contribution in [0, 0.1) is 0 Å². The second-order valence-electron chi connectivity index (χ2n) is 4.71. The van der Waals surface area contributed by atoms with E-state index in [9.17, 15) is 0 Å². The molecule has 1 aromatic carbocycles. The van der Waals surface area contributed by atoms with Crippen molar-refractivity contribution in [3.63, 3.8) is 0 Å². The lowest BCUT2D eigenvalue weighted by Gasteiger charge is -2.10. The maximum atomic E-state index is 6.08. The first-order chi connectivity index (χ1) is 9.00. The van der Waals surface area contributed by atoms with Crippen molar-refractivity contribution >= 4 is 39.1 Å². The fourth-order valence-electron chi connectivity index (χ4n) is 1.59. The molecule has 0 aliphatic heterocycles. The molecule has 0 spiro atoms. The Morgan fingerprint density at radius 2 is 1.89 bits per heavy atom. The van der Waals surface area contributed by atoms with Gasteiger partial charge < -0.3 is 10.1 Å². The third-order valence-corrected chi connectivity index (χ3v) is 4.10. The van der Waals surface area contributed by atoms with Crippen LogP contribution in [0.1, 0.15) is 33.1 Å². The summed E-state index contributed by atoms with van der Waals surface area (Å²) in [6.07, 6.45) is 3.32. The molecule has 19 heavy (non-hydrogen) atoms. The molecule has 0 atom stereocenters. The molecule has 108 valence electrons. The molecule has 0 saturated heterocycles. The van der Waals surface area contributed by atoms with Gasteiger partial charge in [-0.15, -0.1) is 0 Å². The summed E-state index contributed by atoms with van der Waals surface area (Å²) in [6.45, 7) is 6.03. The third-order valence-electron chi connectivity index (χ3n) is 2.61. The first-order valence-corrected chi connectivity index (χ1v) is 8.06. The summed E-state index contributed by atoms with van der Waals surface area (Å²) in [5, 5.41) is 4.59. The van der Waals surface area contributed by atoms with E-state index in [2.05, 4.69) is 35.1 Å². The van der Waals surface area contributed by atoms with E-state index in [1.165, 1.54) is 0 Å². The van der Waals surface area contributed by atoms with Crippen LogP contribution in [0.15, 0.2) is 16.6 Å². The summed E-state index contributed by atoms with van der Waals surface area (Å²) in [5.74, 6) is 0.648. The summed E-state index contributed by atoms with van der Waals surface area (Å²) < 4.78 is 6.43. The molecule has 0 amide bonds. The van der Waals surface area contributed by atoms with Crippen LogP contribution >= 0.6 is 39.1 Å². The number of halogens is 3. The Morgan fingerprint density at radius 1 is 1.16 bits per heavy atom. The molecule has 0 unspecified atom stereocenters. The fraction of sp³-hybridized carbons (Fsp3) is 0.571. The lowest BCUT2D eigenvalue weighted by Crippen LogP contribution is -2.23. The van der Waals surface area contributed by atoms with Crippen LogP contribution in [-0.2, 0) is 0 Å². The number of ether oxygens (including phenoxy) is 1. The molecule has 0 bridgehead atoms. The van der Waals surface area contributed by atoms with E-state index >= 15 is 0 Å². The van der Waals surface area contributed by atoms with Gasteiger partial charge in [-0.3, -0.25) is 0 Å². The third kappa shape index (κ3) is 6.84. The van der Waals surface area contributed by atoms with E-state index in [0.717, 1.165) is 30.3 Å². The van der Waals surface area contributed by atoms with Crippen molar-refractivity contribution in [1.82, 2.24) is 5.32 Å². The highest BCUT2D eigenvalue weighted by molar-refractivity contribution is 9.10. The van der Waals surface area contributed by atoms with Gasteiger partial charge in [0.2, 0.25) is 0 Å². The Labute approximate surface area is 133 Å². The van der Waals surface area contributed by atoms with Gasteiger partial charge in [-0.2, -0.15) is 0 Å². The van der Waals surface area contributed by atoms with Crippen LogP contribution in [0.3, 0.4) is 0 Å². The standard InChI is InChI=1S/C14H20BrCl2NO/c1-10(2)18-6-4-3-5-7-19-14-9-12(16)11(15)8-13(14)17/h8-10,18H,3-7H2,1-2H3. The summed E-state index contributed by atoms with van der Waals surface area (Å²) in [4.78, 5) is 0. The molecule has 1 aromatic rings. The summed E-state index contributed by atoms with van der Waals surface area (Å²) in [7, 11) is 0. The molecular formula is C14H20BrCl2NO. The largest absolute Gasteiger partial charge is 0.492 e. The Kier molecular flexibility index (Phi) is 8.15. The predicted molar refractivity (Wildman–Crippen MR) is 86.6 cm³/mol. The lowest BCUT2D eigenvalue weighted by molar-refractivity contribution is 0.305. The van der Waals surface area contributed by atoms with Gasteiger partial charge >= 0.3 is 0 Å². The number of hydrogen-bond donors (Lipinski definition) is 1. The summed E-state index contributed by atoms with van der Waals surface area (Å²) in [6, 6.07) is 4.06. The fourth-order valence-corrected chi connectivity index (χ4v) is 2.44. The molecule has 0 fully saturated rings. The van der Waals surface area contributed by atoms with Crippen LogP contribution in [0.5, 0.6) is 5.75 Å². The second-order valence-corrected chi connectivity index (χ2v) is 6.38. The minimum atomic E-state index is 0.556. The van der Waals surface area contributed by atoms with Gasteiger partial charge in [-0.05, 0) is 47.8 Å². The number of hydrogen-bond acceptors (Lipinski definition) is 2. The van der Waals surface area contributed by atoms with Gasteiger partial charge in [0, 0.05) is 16.6 Å². The highest BCUT2D eigenvalue weighted by Crippen LogP contribution is 2.34. The molecular weight excluding hydrogens is 349 g/mol. The van der Waals surface area contributed by atoms with Crippen molar-refractivity contribution in [2.24, 2.45) is 0 Å². The van der Waals surface area contributed by atoms with Crippen LogP contribution < -0.4 is 10.1 Å². The normalized spacial score (nSPS) is 11.1. The Hall–Kier alpha value is 0.0400. The van der Waals surface area contributed by atoms with E-state index in [0.29, 0.717) is 28.4 Å². The lowest BCUT2D eigenvalue weighted by atomic mass is 10.2. The van der Waals surface area contributed by atoms with Gasteiger partial charge in [0.05, 0.1) is 16.7 Å². The van der Waals surface area contributed by atoms with E-state index in [1.54, 1.807) is 12.1 Å². The van der Waals surface area contributed by atoms with Crippen molar-refractivity contribution < 1.29 is 4.74 Å². The van der Waals surface area contributed by atoms with Gasteiger partial charge in [0.25, 0.3) is 0 Å². The van der Waals surface area contributed by atoms with E-state index in [1.807, 2.05) is 0 Å². The molecule has 1 N–H and O–H groups in total. The van der Waals surface area contributed by atoms with Crippen molar-refractivity contribution in [2.75, 3.05) is 13.2 Å². The molecule has 5 heteroatoms. The number of benzene rings is 1. The molecule has 1 rings (SSSR count). The van der Waals surface area contributed by atoms with E-state index in [-0.39, 0.29) is 0 Å². The van der Waals surface area contributed by atoms with Gasteiger partial charge in [0.1, 0.15) is 5.75 Å². The predicted octanol–water partition coefficient (Wildman–Crippen LogP) is 5.30. The second kappa shape index (κ2) is 9.06. The first-order valence-electron chi connectivity index (χ1n) is 6.51. The molecule has 0 aliphatic carbocycles. The molecule has 0 aliphatic rings. The highest BCUT2D eigenvalue weighted by Gasteiger charge is 2.06.